The maximum Gasteiger partial charge on any atom is 0.0300 e. The van der Waals surface area contributed by atoms with Gasteiger partial charge in [-0.3, -0.25) is 0 Å². The van der Waals surface area contributed by atoms with Crippen molar-refractivity contribution in [3.8, 4) is 0 Å². The molecule has 2 nitrogen and oxygen atoms in total. The molecular formula is C16H21BrN2S. The van der Waals surface area contributed by atoms with E-state index in [9.17, 15) is 0 Å². The summed E-state index contributed by atoms with van der Waals surface area (Å²) in [5.41, 5.74) is 2.71. The molecule has 0 aliphatic rings. The van der Waals surface area contributed by atoms with E-state index in [1.54, 1.807) is 11.3 Å². The Bertz CT molecular complexity index is 539. The minimum Gasteiger partial charge on any atom is -0.311 e. The number of rotatable bonds is 7. The smallest absolute Gasteiger partial charge is 0.0300 e. The largest absolute Gasteiger partial charge is 0.311 e. The molecule has 1 aromatic carbocycles. The molecule has 108 valence electrons. The van der Waals surface area contributed by atoms with E-state index >= 15 is 0 Å². The van der Waals surface area contributed by atoms with Crippen molar-refractivity contribution in [3.05, 3.63) is 56.2 Å². The number of halogens is 1. The Morgan fingerprint density at radius 2 is 2.15 bits per heavy atom. The zero-order chi connectivity index (χ0) is 14.4. The van der Waals surface area contributed by atoms with Crippen molar-refractivity contribution in [1.82, 2.24) is 10.2 Å². The molecule has 0 fully saturated rings. The molecule has 20 heavy (non-hydrogen) atoms. The fourth-order valence-electron chi connectivity index (χ4n) is 2.13. The summed E-state index contributed by atoms with van der Waals surface area (Å²) >= 11 is 5.27. The van der Waals surface area contributed by atoms with Crippen molar-refractivity contribution in [2.24, 2.45) is 0 Å². The molecule has 0 saturated carbocycles. The molecule has 0 radical (unpaired) electrons. The van der Waals surface area contributed by atoms with E-state index in [4.69, 9.17) is 0 Å². The van der Waals surface area contributed by atoms with E-state index in [0.717, 1.165) is 26.2 Å². The highest BCUT2D eigenvalue weighted by molar-refractivity contribution is 9.10. The van der Waals surface area contributed by atoms with Gasteiger partial charge in [-0.15, -0.1) is 11.3 Å². The predicted molar refractivity (Wildman–Crippen MR) is 91.2 cm³/mol. The maximum absolute atomic E-state index is 3.49. The number of hydrogen-bond acceptors (Lipinski definition) is 3. The molecule has 2 aromatic rings. The summed E-state index contributed by atoms with van der Waals surface area (Å²) < 4.78 is 1.18. The summed E-state index contributed by atoms with van der Waals surface area (Å²) in [4.78, 5) is 3.73. The first-order valence-corrected chi connectivity index (χ1v) is 8.48. The van der Waals surface area contributed by atoms with Gasteiger partial charge in [-0.25, -0.2) is 0 Å². The number of benzene rings is 1. The van der Waals surface area contributed by atoms with Crippen molar-refractivity contribution in [3.63, 3.8) is 0 Å². The van der Waals surface area contributed by atoms with Gasteiger partial charge in [-0.05, 0) is 41.5 Å². The number of nitrogens with one attached hydrogen (secondary N) is 1. The minimum atomic E-state index is 0.953. The minimum absolute atomic E-state index is 0.953. The molecule has 1 aromatic heterocycles. The van der Waals surface area contributed by atoms with E-state index in [1.165, 1.54) is 20.5 Å². The quantitative estimate of drug-likeness (QED) is 0.756. The molecule has 2 rings (SSSR count). The summed E-state index contributed by atoms with van der Waals surface area (Å²) in [6, 6.07) is 10.9. The second-order valence-electron chi connectivity index (χ2n) is 5.13. The van der Waals surface area contributed by atoms with Gasteiger partial charge in [0, 0.05) is 40.9 Å². The van der Waals surface area contributed by atoms with Crippen LogP contribution in [0.1, 0.15) is 16.0 Å². The number of thiophene rings is 1. The molecule has 0 aliphatic heterocycles. The Labute approximate surface area is 133 Å². The van der Waals surface area contributed by atoms with Gasteiger partial charge in [0.2, 0.25) is 0 Å². The number of aryl methyl sites for hydroxylation is 1. The highest BCUT2D eigenvalue weighted by Gasteiger charge is 2.01. The van der Waals surface area contributed by atoms with Crippen LogP contribution in [0.5, 0.6) is 0 Å². The van der Waals surface area contributed by atoms with Gasteiger partial charge < -0.3 is 10.2 Å². The van der Waals surface area contributed by atoms with Crippen LogP contribution in [-0.2, 0) is 13.1 Å². The van der Waals surface area contributed by atoms with Crippen LogP contribution >= 0.6 is 27.3 Å². The van der Waals surface area contributed by atoms with E-state index in [0.29, 0.717) is 0 Å². The average Bonchev–Trinajstić information content (AvgIpc) is 2.80. The number of nitrogens with zero attached hydrogens (tertiary/aromatic N) is 1. The zero-order valence-corrected chi connectivity index (χ0v) is 14.4. The lowest BCUT2D eigenvalue weighted by Crippen LogP contribution is -2.28. The SMILES string of the molecule is Cc1cccc(CN(C)CCNCc2cc(Br)cs2)c1. The predicted octanol–water partition coefficient (Wildman–Crippen LogP) is 4.04. The molecule has 0 atom stereocenters. The third kappa shape index (κ3) is 5.37. The van der Waals surface area contributed by atoms with Crippen molar-refractivity contribution in [2.75, 3.05) is 20.1 Å². The first kappa shape index (κ1) is 15.7. The first-order valence-electron chi connectivity index (χ1n) is 6.81. The van der Waals surface area contributed by atoms with Crippen LogP contribution in [0.2, 0.25) is 0 Å². The lowest BCUT2D eigenvalue weighted by Gasteiger charge is -2.17. The van der Waals surface area contributed by atoms with Gasteiger partial charge in [-0.1, -0.05) is 29.8 Å². The zero-order valence-electron chi connectivity index (χ0n) is 12.0. The van der Waals surface area contributed by atoms with Crippen LogP contribution in [0.4, 0.5) is 0 Å². The standard InChI is InChI=1S/C16H21BrN2S/c1-13-4-3-5-14(8-13)11-19(2)7-6-18-10-16-9-15(17)12-20-16/h3-5,8-9,12,18H,6-7,10-11H2,1-2H3. The van der Waals surface area contributed by atoms with Crippen molar-refractivity contribution in [2.45, 2.75) is 20.0 Å². The molecule has 0 amide bonds. The van der Waals surface area contributed by atoms with Crippen LogP contribution in [-0.4, -0.2) is 25.0 Å². The van der Waals surface area contributed by atoms with Gasteiger partial charge in [0.05, 0.1) is 0 Å². The Kier molecular flexibility index (Phi) is 6.23. The van der Waals surface area contributed by atoms with Crippen LogP contribution in [0.3, 0.4) is 0 Å². The molecule has 0 spiro atoms. The Morgan fingerprint density at radius 1 is 1.30 bits per heavy atom. The lowest BCUT2D eigenvalue weighted by molar-refractivity contribution is 0.324. The Morgan fingerprint density at radius 3 is 2.85 bits per heavy atom. The van der Waals surface area contributed by atoms with E-state index in [-0.39, 0.29) is 0 Å². The van der Waals surface area contributed by atoms with Gasteiger partial charge in [0.1, 0.15) is 0 Å². The Hall–Kier alpha value is -0.680. The van der Waals surface area contributed by atoms with E-state index in [2.05, 4.69) is 75.8 Å². The van der Waals surface area contributed by atoms with E-state index < -0.39 is 0 Å². The molecule has 0 bridgehead atoms. The fraction of sp³-hybridized carbons (Fsp3) is 0.375. The second-order valence-corrected chi connectivity index (χ2v) is 7.05. The molecular weight excluding hydrogens is 332 g/mol. The normalized spacial score (nSPS) is 11.2. The van der Waals surface area contributed by atoms with Crippen LogP contribution in [0, 0.1) is 6.92 Å². The Balaban J connectivity index is 1.66. The average molecular weight is 353 g/mol. The summed E-state index contributed by atoms with van der Waals surface area (Å²) in [6.45, 7) is 6.17. The van der Waals surface area contributed by atoms with Crippen LogP contribution in [0.15, 0.2) is 40.2 Å². The highest BCUT2D eigenvalue weighted by Crippen LogP contribution is 2.19. The first-order chi connectivity index (χ1) is 9.63. The van der Waals surface area contributed by atoms with Gasteiger partial charge in [0.15, 0.2) is 0 Å². The molecule has 1 N–H and O–H groups in total. The van der Waals surface area contributed by atoms with Crippen molar-refractivity contribution >= 4 is 27.3 Å². The summed E-state index contributed by atoms with van der Waals surface area (Å²) in [5.74, 6) is 0. The second kappa shape index (κ2) is 7.93. The summed E-state index contributed by atoms with van der Waals surface area (Å²) in [7, 11) is 2.17. The molecule has 0 saturated heterocycles. The third-order valence-corrected chi connectivity index (χ3v) is 4.82. The van der Waals surface area contributed by atoms with Gasteiger partial charge in [-0.2, -0.15) is 0 Å². The number of hydrogen-bond donors (Lipinski definition) is 1. The van der Waals surface area contributed by atoms with Gasteiger partial charge in [0.25, 0.3) is 0 Å². The molecule has 1 heterocycles. The topological polar surface area (TPSA) is 15.3 Å². The lowest BCUT2D eigenvalue weighted by atomic mass is 10.1. The summed E-state index contributed by atoms with van der Waals surface area (Å²) in [5, 5.41) is 5.62. The highest BCUT2D eigenvalue weighted by atomic mass is 79.9. The third-order valence-electron chi connectivity index (χ3n) is 3.13. The molecule has 4 heteroatoms. The monoisotopic (exact) mass is 352 g/mol. The van der Waals surface area contributed by atoms with Gasteiger partial charge >= 0.3 is 0 Å². The fourth-order valence-corrected chi connectivity index (χ4v) is 3.55. The van der Waals surface area contributed by atoms with E-state index in [1.807, 2.05) is 0 Å². The summed E-state index contributed by atoms with van der Waals surface area (Å²) in [6.07, 6.45) is 0. The maximum atomic E-state index is 3.49. The van der Waals surface area contributed by atoms with Crippen LogP contribution < -0.4 is 5.32 Å². The van der Waals surface area contributed by atoms with Crippen molar-refractivity contribution < 1.29 is 0 Å². The molecule has 0 aliphatic carbocycles. The van der Waals surface area contributed by atoms with Crippen molar-refractivity contribution in [1.29, 1.82) is 0 Å². The number of likely N-dealkylation sites (N-methyl/N-ethyl adjacent to an activating group) is 1. The molecule has 0 unspecified atom stereocenters. The van der Waals surface area contributed by atoms with Crippen LogP contribution in [0.25, 0.3) is 0 Å².